The minimum atomic E-state index is -1.11. The van der Waals surface area contributed by atoms with E-state index >= 15 is 0 Å². The van der Waals surface area contributed by atoms with Crippen molar-refractivity contribution in [2.45, 2.75) is 13.5 Å². The number of benzene rings is 2. The maximum atomic E-state index is 13.8. The molecule has 7 nitrogen and oxygen atoms in total. The first kappa shape index (κ1) is 20.5. The lowest BCUT2D eigenvalue weighted by Gasteiger charge is -2.08. The lowest BCUT2D eigenvalue weighted by Crippen LogP contribution is -2.21. The molecule has 0 aliphatic heterocycles. The van der Waals surface area contributed by atoms with Crippen LogP contribution >= 0.6 is 15.9 Å². The number of hydrogen-bond donors (Lipinski definition) is 2. The molecule has 1 aromatic heterocycles. The Balaban J connectivity index is 1.68. The van der Waals surface area contributed by atoms with Gasteiger partial charge in [-0.3, -0.25) is 9.59 Å². The van der Waals surface area contributed by atoms with Crippen molar-refractivity contribution in [3.8, 4) is 0 Å². The molecule has 0 aliphatic carbocycles. The Bertz CT molecular complexity index is 1100. The zero-order chi connectivity index (χ0) is 21.1. The average Bonchev–Trinajstić information content (AvgIpc) is 3.01. The number of rotatable bonds is 5. The quantitative estimate of drug-likeness (QED) is 0.599. The summed E-state index contributed by atoms with van der Waals surface area (Å²) in [6.45, 7) is 1.19. The van der Waals surface area contributed by atoms with Crippen LogP contribution in [-0.2, 0) is 11.3 Å². The number of hydrogen-bond acceptors (Lipinski definition) is 4. The van der Waals surface area contributed by atoms with Gasteiger partial charge in [0.1, 0.15) is 12.4 Å². The highest BCUT2D eigenvalue weighted by Gasteiger charge is 2.19. The summed E-state index contributed by atoms with van der Waals surface area (Å²) in [6, 6.07) is 7.06. The van der Waals surface area contributed by atoms with Gasteiger partial charge in [0.2, 0.25) is 5.91 Å². The fourth-order valence-corrected chi connectivity index (χ4v) is 2.73. The molecule has 29 heavy (non-hydrogen) atoms. The first-order chi connectivity index (χ1) is 13.7. The van der Waals surface area contributed by atoms with Gasteiger partial charge in [-0.2, -0.15) is 0 Å². The van der Waals surface area contributed by atoms with Gasteiger partial charge in [0.15, 0.2) is 17.3 Å². The number of anilines is 2. The maximum absolute atomic E-state index is 13.8. The van der Waals surface area contributed by atoms with Crippen LogP contribution in [0.5, 0.6) is 0 Å². The molecule has 0 spiro atoms. The number of nitrogens with one attached hydrogen (secondary N) is 2. The van der Waals surface area contributed by atoms with E-state index in [0.29, 0.717) is 4.47 Å². The number of nitrogens with zero attached hydrogens (tertiary/aromatic N) is 3. The summed E-state index contributed by atoms with van der Waals surface area (Å²) in [5.41, 5.74) is 0.187. The summed E-state index contributed by atoms with van der Waals surface area (Å²) in [6.07, 6.45) is 0. The topological polar surface area (TPSA) is 88.9 Å². The Hall–Kier alpha value is -3.21. The molecule has 0 radical (unpaired) electrons. The van der Waals surface area contributed by atoms with Gasteiger partial charge < -0.3 is 10.6 Å². The van der Waals surface area contributed by atoms with Crippen molar-refractivity contribution in [2.24, 2.45) is 0 Å². The van der Waals surface area contributed by atoms with Crippen LogP contribution in [0.3, 0.4) is 0 Å². The van der Waals surface area contributed by atoms with E-state index in [1.165, 1.54) is 25.1 Å². The third-order valence-electron chi connectivity index (χ3n) is 3.87. The third-order valence-corrected chi connectivity index (χ3v) is 4.37. The number of carbonyl (C=O) groups is 2. The van der Waals surface area contributed by atoms with E-state index in [0.717, 1.165) is 16.8 Å². The zero-order valence-electron chi connectivity index (χ0n) is 14.8. The minimum absolute atomic E-state index is 0.00716. The second-order valence-electron chi connectivity index (χ2n) is 5.94. The van der Waals surface area contributed by atoms with Gasteiger partial charge in [-0.1, -0.05) is 21.1 Å². The second-order valence-corrected chi connectivity index (χ2v) is 6.85. The Morgan fingerprint density at radius 2 is 1.79 bits per heavy atom. The molecule has 0 saturated heterocycles. The van der Waals surface area contributed by atoms with Crippen LogP contribution in [0, 0.1) is 24.4 Å². The largest absolute Gasteiger partial charge is 0.322 e. The number of carbonyl (C=O) groups excluding carboxylic acids is 2. The van der Waals surface area contributed by atoms with Crippen molar-refractivity contribution >= 4 is 39.1 Å². The monoisotopic (exact) mass is 467 g/mol. The molecule has 2 amide bonds. The van der Waals surface area contributed by atoms with Gasteiger partial charge in [0.05, 0.1) is 11.4 Å². The summed E-state index contributed by atoms with van der Waals surface area (Å²) in [5.74, 6) is -4.06. The van der Waals surface area contributed by atoms with E-state index in [1.807, 2.05) is 0 Å². The number of halogens is 4. The fourth-order valence-electron chi connectivity index (χ4n) is 2.40. The van der Waals surface area contributed by atoms with Crippen LogP contribution in [0.2, 0.25) is 0 Å². The first-order valence-electron chi connectivity index (χ1n) is 8.16. The Morgan fingerprint density at radius 3 is 2.48 bits per heavy atom. The average molecular weight is 468 g/mol. The van der Waals surface area contributed by atoms with Crippen LogP contribution in [0.15, 0.2) is 40.9 Å². The molecule has 3 rings (SSSR count). The Labute approximate surface area is 171 Å². The molecule has 11 heteroatoms. The molecule has 2 N–H and O–H groups in total. The van der Waals surface area contributed by atoms with Gasteiger partial charge in [-0.15, -0.1) is 5.10 Å². The lowest BCUT2D eigenvalue weighted by atomic mass is 10.2. The fraction of sp³-hybridized carbons (Fsp3) is 0.111. The molecule has 0 bridgehead atoms. The minimum Gasteiger partial charge on any atom is -0.322 e. The molecule has 1 heterocycles. The highest BCUT2D eigenvalue weighted by molar-refractivity contribution is 9.10. The number of amides is 2. The SMILES string of the molecule is Cc1c(C(=O)Nc2ccc(F)c(F)c2)nnn1CC(=O)Nc1ccc(Br)cc1F. The third kappa shape index (κ3) is 4.80. The first-order valence-corrected chi connectivity index (χ1v) is 8.95. The van der Waals surface area contributed by atoms with E-state index < -0.39 is 29.3 Å². The summed E-state index contributed by atoms with van der Waals surface area (Å²) >= 11 is 3.12. The molecule has 0 aliphatic rings. The van der Waals surface area contributed by atoms with Crippen LogP contribution in [-0.4, -0.2) is 26.8 Å². The van der Waals surface area contributed by atoms with Gasteiger partial charge in [-0.05, 0) is 37.3 Å². The zero-order valence-corrected chi connectivity index (χ0v) is 16.4. The van der Waals surface area contributed by atoms with E-state index in [1.54, 1.807) is 6.07 Å². The smallest absolute Gasteiger partial charge is 0.278 e. The van der Waals surface area contributed by atoms with Crippen LogP contribution in [0.25, 0.3) is 0 Å². The highest BCUT2D eigenvalue weighted by atomic mass is 79.9. The lowest BCUT2D eigenvalue weighted by molar-refractivity contribution is -0.117. The molecule has 3 aromatic rings. The molecular weight excluding hydrogens is 455 g/mol. The molecule has 0 fully saturated rings. The van der Waals surface area contributed by atoms with Crippen molar-refractivity contribution < 1.29 is 22.8 Å². The van der Waals surface area contributed by atoms with Gasteiger partial charge in [0, 0.05) is 16.2 Å². The Morgan fingerprint density at radius 1 is 1.03 bits per heavy atom. The summed E-state index contributed by atoms with van der Waals surface area (Å²) in [7, 11) is 0. The highest BCUT2D eigenvalue weighted by Crippen LogP contribution is 2.19. The van der Waals surface area contributed by atoms with Crippen LogP contribution in [0.4, 0.5) is 24.5 Å². The predicted molar refractivity (Wildman–Crippen MR) is 102 cm³/mol. The molecule has 150 valence electrons. The number of aromatic nitrogens is 3. The van der Waals surface area contributed by atoms with Crippen LogP contribution in [0.1, 0.15) is 16.2 Å². The molecule has 0 saturated carbocycles. The molecule has 0 atom stereocenters. The van der Waals surface area contributed by atoms with Crippen LogP contribution < -0.4 is 10.6 Å². The summed E-state index contributed by atoms with van der Waals surface area (Å²) in [5, 5.41) is 12.2. The van der Waals surface area contributed by atoms with Gasteiger partial charge in [-0.25, -0.2) is 17.9 Å². The molecule has 0 unspecified atom stereocenters. The predicted octanol–water partition coefficient (Wildman–Crippen LogP) is 3.66. The standard InChI is InChI=1S/C18H13BrF3N5O2/c1-9-17(18(29)23-11-3-4-12(20)13(21)7-11)25-26-27(9)8-16(28)24-15-5-2-10(19)6-14(15)22/h2-7H,8H2,1H3,(H,23,29)(H,24,28). The summed E-state index contributed by atoms with van der Waals surface area (Å²) < 4.78 is 41.7. The normalized spacial score (nSPS) is 10.7. The van der Waals surface area contributed by atoms with Crippen molar-refractivity contribution in [3.05, 3.63) is 69.7 Å². The van der Waals surface area contributed by atoms with Crippen molar-refractivity contribution in [1.29, 1.82) is 0 Å². The van der Waals surface area contributed by atoms with E-state index in [2.05, 4.69) is 36.9 Å². The molecular formula is C18H13BrF3N5O2. The van der Waals surface area contributed by atoms with Gasteiger partial charge in [0.25, 0.3) is 5.91 Å². The van der Waals surface area contributed by atoms with Crippen molar-refractivity contribution in [1.82, 2.24) is 15.0 Å². The van der Waals surface area contributed by atoms with Gasteiger partial charge >= 0.3 is 0 Å². The van der Waals surface area contributed by atoms with Crippen molar-refractivity contribution in [3.63, 3.8) is 0 Å². The van der Waals surface area contributed by atoms with E-state index in [9.17, 15) is 22.8 Å². The van der Waals surface area contributed by atoms with Crippen molar-refractivity contribution in [2.75, 3.05) is 10.6 Å². The van der Waals surface area contributed by atoms with E-state index in [4.69, 9.17) is 0 Å². The molecule has 2 aromatic carbocycles. The maximum Gasteiger partial charge on any atom is 0.278 e. The second kappa shape index (κ2) is 8.43. The van der Waals surface area contributed by atoms with E-state index in [-0.39, 0.29) is 29.3 Å². The summed E-state index contributed by atoms with van der Waals surface area (Å²) in [4.78, 5) is 24.5. The Kier molecular flexibility index (Phi) is 5.97.